The van der Waals surface area contributed by atoms with Crippen molar-refractivity contribution in [1.82, 2.24) is 15.0 Å². The van der Waals surface area contributed by atoms with Gasteiger partial charge in [-0.2, -0.15) is 0 Å². The first kappa shape index (κ1) is 12.9. The Labute approximate surface area is 124 Å². The van der Waals surface area contributed by atoms with E-state index in [1.807, 2.05) is 30.5 Å². The molecule has 0 saturated carbocycles. The molecule has 6 heteroatoms. The topological polar surface area (TPSA) is 50.7 Å². The summed E-state index contributed by atoms with van der Waals surface area (Å²) in [6, 6.07) is 7.66. The Kier molecular flexibility index (Phi) is 3.54. The first-order chi connectivity index (χ1) is 9.80. The Bertz CT molecular complexity index is 804. The molecule has 0 bridgehead atoms. The molecule has 1 aromatic carbocycles. The lowest BCUT2D eigenvalue weighted by Crippen LogP contribution is -1.94. The smallest absolute Gasteiger partial charge is 0.176 e. The summed E-state index contributed by atoms with van der Waals surface area (Å²) < 4.78 is 1.92. The van der Waals surface area contributed by atoms with E-state index in [1.54, 1.807) is 23.1 Å². The maximum absolute atomic E-state index is 5.41. The molecule has 0 atom stereocenters. The van der Waals surface area contributed by atoms with Gasteiger partial charge in [-0.25, -0.2) is 15.0 Å². The fraction of sp³-hybridized carbons (Fsp3) is 0.0714. The number of aromatic nitrogens is 3. The molecule has 20 heavy (non-hydrogen) atoms. The summed E-state index contributed by atoms with van der Waals surface area (Å²) >= 11 is 3.18. The number of terminal acetylenes is 1. The molecule has 98 valence electrons. The van der Waals surface area contributed by atoms with Gasteiger partial charge in [0.1, 0.15) is 11.0 Å². The van der Waals surface area contributed by atoms with Crippen LogP contribution in [0.3, 0.4) is 0 Å². The van der Waals surface area contributed by atoms with Crippen LogP contribution in [0.4, 0.5) is 11.5 Å². The van der Waals surface area contributed by atoms with Gasteiger partial charge in [-0.15, -0.1) is 17.8 Å². The number of nitrogens with zero attached hydrogens (tertiary/aromatic N) is 3. The van der Waals surface area contributed by atoms with Crippen molar-refractivity contribution in [2.24, 2.45) is 0 Å². The number of rotatable bonds is 3. The largest absolute Gasteiger partial charge is 0.339 e. The van der Waals surface area contributed by atoms with Gasteiger partial charge in [0.05, 0.1) is 0 Å². The summed E-state index contributed by atoms with van der Waals surface area (Å²) in [4.78, 5) is 12.9. The van der Waals surface area contributed by atoms with Crippen molar-refractivity contribution in [1.29, 1.82) is 0 Å². The third-order valence-electron chi connectivity index (χ3n) is 2.64. The number of anilines is 2. The molecule has 0 amide bonds. The average molecular weight is 298 g/mol. The molecule has 1 N–H and O–H groups in total. The van der Waals surface area contributed by atoms with Gasteiger partial charge in [0.25, 0.3) is 0 Å². The van der Waals surface area contributed by atoms with Gasteiger partial charge in [-0.1, -0.05) is 23.7 Å². The van der Waals surface area contributed by atoms with E-state index >= 15 is 0 Å². The van der Waals surface area contributed by atoms with Crippen LogP contribution in [0.2, 0.25) is 0 Å². The summed E-state index contributed by atoms with van der Waals surface area (Å²) in [7, 11) is 0. The highest BCUT2D eigenvalue weighted by molar-refractivity contribution is 8.00. The Morgan fingerprint density at radius 3 is 3.05 bits per heavy atom. The van der Waals surface area contributed by atoms with Crippen LogP contribution in [0.15, 0.2) is 34.9 Å². The van der Waals surface area contributed by atoms with E-state index in [4.69, 9.17) is 6.42 Å². The van der Waals surface area contributed by atoms with Gasteiger partial charge in [0, 0.05) is 11.3 Å². The molecule has 2 aromatic heterocycles. The highest BCUT2D eigenvalue weighted by Gasteiger charge is 2.10. The van der Waals surface area contributed by atoms with E-state index in [2.05, 4.69) is 26.2 Å². The Morgan fingerprint density at radius 2 is 2.25 bits per heavy atom. The van der Waals surface area contributed by atoms with Crippen LogP contribution in [0.25, 0.3) is 10.3 Å². The van der Waals surface area contributed by atoms with Crippen molar-refractivity contribution in [3.63, 3.8) is 0 Å². The van der Waals surface area contributed by atoms with Crippen LogP contribution >= 0.6 is 23.1 Å². The maximum atomic E-state index is 5.41. The van der Waals surface area contributed by atoms with Gasteiger partial charge in [0.15, 0.2) is 15.8 Å². The number of benzene rings is 1. The first-order valence-electron chi connectivity index (χ1n) is 5.79. The Balaban J connectivity index is 2.01. The van der Waals surface area contributed by atoms with Gasteiger partial charge < -0.3 is 5.32 Å². The quantitative estimate of drug-likeness (QED) is 0.592. The minimum absolute atomic E-state index is 0.713. The molecule has 0 saturated heterocycles. The predicted molar refractivity (Wildman–Crippen MR) is 84.7 cm³/mol. The second kappa shape index (κ2) is 5.49. The van der Waals surface area contributed by atoms with E-state index in [9.17, 15) is 0 Å². The zero-order chi connectivity index (χ0) is 13.9. The number of hydrogen-bond acceptors (Lipinski definition) is 6. The zero-order valence-electron chi connectivity index (χ0n) is 10.6. The highest BCUT2D eigenvalue weighted by Crippen LogP contribution is 2.32. The first-order valence-corrected chi connectivity index (χ1v) is 7.83. The summed E-state index contributed by atoms with van der Waals surface area (Å²) in [5.74, 6) is 3.37. The summed E-state index contributed by atoms with van der Waals surface area (Å²) in [6.07, 6.45) is 8.92. The van der Waals surface area contributed by atoms with Crippen LogP contribution in [0.5, 0.6) is 0 Å². The van der Waals surface area contributed by atoms with E-state index in [0.29, 0.717) is 5.65 Å². The van der Waals surface area contributed by atoms with Crippen molar-refractivity contribution >= 4 is 45.0 Å². The lowest BCUT2D eigenvalue weighted by Gasteiger charge is -2.05. The molecule has 0 aliphatic rings. The van der Waals surface area contributed by atoms with Crippen molar-refractivity contribution in [2.45, 2.75) is 4.34 Å². The van der Waals surface area contributed by atoms with E-state index in [0.717, 1.165) is 26.1 Å². The highest BCUT2D eigenvalue weighted by atomic mass is 32.2. The van der Waals surface area contributed by atoms with Crippen LogP contribution < -0.4 is 5.32 Å². The number of fused-ring (bicyclic) bond motifs is 1. The number of thioether (sulfide) groups is 1. The molecule has 0 aliphatic carbocycles. The van der Waals surface area contributed by atoms with E-state index in [-0.39, 0.29) is 0 Å². The minimum atomic E-state index is 0.713. The molecule has 0 unspecified atom stereocenters. The molecule has 2 heterocycles. The second-order valence-electron chi connectivity index (χ2n) is 3.91. The number of hydrogen-bond donors (Lipinski definition) is 1. The molecule has 0 radical (unpaired) electrons. The summed E-state index contributed by atoms with van der Waals surface area (Å²) in [5.41, 5.74) is 2.44. The standard InChI is InChI=1S/C14H10N4S2/c1-3-9-5-4-6-10(7-9)17-12-11-13(16-8-15-12)18-14(19-2)20-11/h1,4-8H,2H3,(H,15,16,17). The van der Waals surface area contributed by atoms with Crippen LogP contribution in [-0.4, -0.2) is 21.2 Å². The second-order valence-corrected chi connectivity index (χ2v) is 5.96. The lowest BCUT2D eigenvalue weighted by atomic mass is 10.2. The minimum Gasteiger partial charge on any atom is -0.339 e. The fourth-order valence-electron chi connectivity index (χ4n) is 1.73. The third-order valence-corrected chi connectivity index (χ3v) is 4.67. The third kappa shape index (κ3) is 2.46. The molecule has 3 rings (SSSR count). The Morgan fingerprint density at radius 1 is 1.35 bits per heavy atom. The summed E-state index contributed by atoms with van der Waals surface area (Å²) in [6.45, 7) is 0. The van der Waals surface area contributed by atoms with Crippen molar-refractivity contribution in [3.8, 4) is 12.3 Å². The molecular formula is C14H10N4S2. The van der Waals surface area contributed by atoms with Crippen LogP contribution in [0, 0.1) is 12.3 Å². The van der Waals surface area contributed by atoms with Crippen molar-refractivity contribution in [3.05, 3.63) is 36.2 Å². The Hall–Kier alpha value is -2.10. The SMILES string of the molecule is C#Cc1cccc(Nc2ncnc3nc(SC)sc23)c1. The monoisotopic (exact) mass is 298 g/mol. The van der Waals surface area contributed by atoms with E-state index < -0.39 is 0 Å². The fourth-order valence-corrected chi connectivity index (χ4v) is 3.19. The van der Waals surface area contributed by atoms with Gasteiger partial charge in [-0.3, -0.25) is 0 Å². The summed E-state index contributed by atoms with van der Waals surface area (Å²) in [5, 5.41) is 3.27. The van der Waals surface area contributed by atoms with Crippen LogP contribution in [-0.2, 0) is 0 Å². The lowest BCUT2D eigenvalue weighted by molar-refractivity contribution is 1.17. The molecule has 0 spiro atoms. The molecule has 3 aromatic rings. The van der Waals surface area contributed by atoms with Gasteiger partial charge >= 0.3 is 0 Å². The van der Waals surface area contributed by atoms with Gasteiger partial charge in [0.2, 0.25) is 0 Å². The molecule has 4 nitrogen and oxygen atoms in total. The molecular weight excluding hydrogens is 288 g/mol. The molecule has 0 fully saturated rings. The number of nitrogens with one attached hydrogen (secondary N) is 1. The average Bonchev–Trinajstić information content (AvgIpc) is 2.92. The number of thiazole rings is 1. The van der Waals surface area contributed by atoms with E-state index in [1.165, 1.54) is 6.33 Å². The zero-order valence-corrected chi connectivity index (χ0v) is 12.3. The van der Waals surface area contributed by atoms with Crippen molar-refractivity contribution < 1.29 is 0 Å². The maximum Gasteiger partial charge on any atom is 0.176 e. The van der Waals surface area contributed by atoms with Crippen LogP contribution in [0.1, 0.15) is 5.56 Å². The predicted octanol–water partition coefficient (Wildman–Crippen LogP) is 3.53. The van der Waals surface area contributed by atoms with Gasteiger partial charge in [-0.05, 0) is 24.5 Å². The van der Waals surface area contributed by atoms with Crippen molar-refractivity contribution in [2.75, 3.05) is 11.6 Å². The normalized spacial score (nSPS) is 10.4. The molecule has 0 aliphatic heterocycles.